The highest BCUT2D eigenvalue weighted by atomic mass is 79.9. The van der Waals surface area contributed by atoms with E-state index in [-0.39, 0.29) is 13.2 Å². The fourth-order valence-corrected chi connectivity index (χ4v) is 3.61. The van der Waals surface area contributed by atoms with Crippen molar-refractivity contribution in [2.24, 2.45) is 0 Å². The summed E-state index contributed by atoms with van der Waals surface area (Å²) in [5.41, 5.74) is 0. The van der Waals surface area contributed by atoms with Crippen molar-refractivity contribution in [1.29, 1.82) is 0 Å². The highest BCUT2D eigenvalue weighted by Crippen LogP contribution is 2.44. The number of rotatable bonds is 5. The highest BCUT2D eigenvalue weighted by Gasteiger charge is 2.16. The third-order valence-electron chi connectivity index (χ3n) is 2.29. The molecule has 168 valence electrons. The Morgan fingerprint density at radius 2 is 1.10 bits per heavy atom. The van der Waals surface area contributed by atoms with Crippen molar-refractivity contribution in [2.75, 3.05) is 13.2 Å². The van der Waals surface area contributed by atoms with E-state index in [0.717, 1.165) is 17.9 Å². The summed E-state index contributed by atoms with van der Waals surface area (Å²) < 4.78 is 13.9. The van der Waals surface area contributed by atoms with Crippen LogP contribution in [-0.4, -0.2) is 28.3 Å². The minimum absolute atomic E-state index is 0.125. The molecule has 0 radical (unpaired) electrons. The van der Waals surface area contributed by atoms with Crippen molar-refractivity contribution in [3.8, 4) is 11.5 Å². The van der Waals surface area contributed by atoms with Crippen molar-refractivity contribution in [3.05, 3.63) is 79.6 Å². The van der Waals surface area contributed by atoms with Crippen LogP contribution < -0.4 is 9.05 Å². The Labute approximate surface area is 213 Å². The van der Waals surface area contributed by atoms with E-state index in [1.807, 2.05) is 38.1 Å². The van der Waals surface area contributed by atoms with Crippen LogP contribution in [0.5, 0.6) is 11.5 Å². The fourth-order valence-electron chi connectivity index (χ4n) is 1.30. The highest BCUT2D eigenvalue weighted by molar-refractivity contribution is 9.13. The third kappa shape index (κ3) is 14.7. The average molecular weight is 696 g/mol. The third-order valence-corrected chi connectivity index (χ3v) is 7.01. The van der Waals surface area contributed by atoms with Gasteiger partial charge in [-0.25, -0.2) is 0 Å². The molecule has 0 saturated heterocycles. The molecule has 30 heavy (non-hydrogen) atoms. The van der Waals surface area contributed by atoms with Crippen LogP contribution in [0.15, 0.2) is 79.6 Å². The Hall–Kier alpha value is -0.250. The predicted molar refractivity (Wildman–Crippen MR) is 140 cm³/mol. The first kappa shape index (κ1) is 31.9. The van der Waals surface area contributed by atoms with Crippen molar-refractivity contribution in [1.82, 2.24) is 0 Å². The van der Waals surface area contributed by atoms with Gasteiger partial charge in [-0.3, -0.25) is 0 Å². The first-order valence-electron chi connectivity index (χ1n) is 8.32. The molecule has 0 aliphatic heterocycles. The molecule has 2 rings (SSSR count). The minimum atomic E-state index is -2.09. The number of allylic oxidation sites excluding steroid dienone is 2. The average Bonchev–Trinajstić information content (AvgIpc) is 2.70. The molecule has 0 unspecified atom stereocenters. The Morgan fingerprint density at radius 3 is 1.37 bits per heavy atom. The second-order valence-electron chi connectivity index (χ2n) is 4.79. The minimum Gasteiger partial charge on any atom is -0.417 e. The molecule has 10 heteroatoms. The molecular weight excluding hydrogens is 671 g/mol. The topological polar surface area (TPSA) is 79.2 Å². The molecule has 2 aromatic rings. The Morgan fingerprint density at radius 1 is 0.800 bits per heavy atom. The van der Waals surface area contributed by atoms with E-state index in [0.29, 0.717) is 11.5 Å². The van der Waals surface area contributed by atoms with Gasteiger partial charge in [0.2, 0.25) is 0 Å². The van der Waals surface area contributed by atoms with E-state index in [9.17, 15) is 4.89 Å². The summed E-state index contributed by atoms with van der Waals surface area (Å²) in [4.78, 5) is 9.93. The van der Waals surface area contributed by atoms with Gasteiger partial charge in [-0.2, -0.15) is 0 Å². The maximum Gasteiger partial charge on any atom is 0.460 e. The number of aliphatic hydroxyl groups is 2. The van der Waals surface area contributed by atoms with Gasteiger partial charge in [-0.05, 0) is 102 Å². The first-order chi connectivity index (χ1) is 14.2. The Kier molecular flexibility index (Phi) is 22.0. The summed E-state index contributed by atoms with van der Waals surface area (Å²) in [7, 11) is -2.09. The molecule has 0 aliphatic carbocycles. The number of hydrogen-bond acceptors (Lipinski definition) is 5. The van der Waals surface area contributed by atoms with Gasteiger partial charge in [0.15, 0.2) is 0 Å². The van der Waals surface area contributed by atoms with Crippen molar-refractivity contribution in [3.63, 3.8) is 0 Å². The van der Waals surface area contributed by atoms with Crippen molar-refractivity contribution < 1.29 is 24.2 Å². The second kappa shape index (κ2) is 20.6. The second-order valence-corrected chi connectivity index (χ2v) is 8.92. The van der Waals surface area contributed by atoms with Gasteiger partial charge in [-0.15, -0.1) is 13.2 Å². The molecule has 5 nitrogen and oxygen atoms in total. The molecule has 0 atom stereocenters. The predicted octanol–water partition coefficient (Wildman–Crippen LogP) is 7.77. The van der Waals surface area contributed by atoms with Crippen LogP contribution in [0.2, 0.25) is 0 Å². The van der Waals surface area contributed by atoms with Crippen LogP contribution in [0.25, 0.3) is 0 Å². The number of benzene rings is 2. The van der Waals surface area contributed by atoms with Crippen LogP contribution >= 0.6 is 72.3 Å². The quantitative estimate of drug-likeness (QED) is 0.220. The molecule has 0 heterocycles. The molecule has 0 aromatic heterocycles. The van der Waals surface area contributed by atoms with Crippen LogP contribution in [0.3, 0.4) is 0 Å². The molecule has 0 fully saturated rings. The molecular formula is C20H25Br4O5P. The van der Waals surface area contributed by atoms with E-state index in [1.165, 1.54) is 0 Å². The Bertz CT molecular complexity index is 686. The number of hydrogen-bond donors (Lipinski definition) is 3. The van der Waals surface area contributed by atoms with E-state index in [2.05, 4.69) is 76.9 Å². The van der Waals surface area contributed by atoms with Gasteiger partial charge in [0.05, 0.1) is 22.2 Å². The van der Waals surface area contributed by atoms with Crippen LogP contribution in [0, 0.1) is 0 Å². The summed E-state index contributed by atoms with van der Waals surface area (Å²) in [5, 5.41) is 15.2. The molecule has 3 N–H and O–H groups in total. The number of halogens is 4. The lowest BCUT2D eigenvalue weighted by molar-refractivity contribution is 0.186. The number of aliphatic hydroxyl groups excluding tert-OH is 2. The smallest absolute Gasteiger partial charge is 0.417 e. The first-order valence-corrected chi connectivity index (χ1v) is 12.6. The van der Waals surface area contributed by atoms with Gasteiger partial charge < -0.3 is 24.2 Å². The summed E-state index contributed by atoms with van der Waals surface area (Å²) in [6.07, 6.45) is 3.50. The standard InChI is InChI=1S/C12H7Br4O3P.2C3H6.C2H6O2/c13-7-3-1-5-9(11(7)15)18-20(17)19-10-6-2-4-8(14)12(10)16;2*1-3-2;3-1-2-4/h1-6,17H;2*3H,1H2,2H3;3-4H,1-2H2. The maximum atomic E-state index is 9.93. The zero-order valence-corrected chi connectivity index (χ0v) is 23.8. The lowest BCUT2D eigenvalue weighted by Gasteiger charge is -2.15. The summed E-state index contributed by atoms with van der Waals surface area (Å²) in [5.74, 6) is 0.998. The van der Waals surface area contributed by atoms with Crippen LogP contribution in [0.1, 0.15) is 13.8 Å². The van der Waals surface area contributed by atoms with Gasteiger partial charge in [-0.1, -0.05) is 24.3 Å². The van der Waals surface area contributed by atoms with Crippen molar-refractivity contribution >= 4 is 72.3 Å². The van der Waals surface area contributed by atoms with E-state index < -0.39 is 8.60 Å². The molecule has 0 saturated carbocycles. The van der Waals surface area contributed by atoms with E-state index in [1.54, 1.807) is 24.3 Å². The van der Waals surface area contributed by atoms with Gasteiger partial charge in [0.1, 0.15) is 11.5 Å². The van der Waals surface area contributed by atoms with E-state index >= 15 is 0 Å². The van der Waals surface area contributed by atoms with Gasteiger partial charge >= 0.3 is 8.60 Å². The normalized spacial score (nSPS) is 9.00. The van der Waals surface area contributed by atoms with Crippen LogP contribution in [-0.2, 0) is 0 Å². The zero-order chi connectivity index (χ0) is 23.5. The Balaban J connectivity index is 0. The molecule has 0 amide bonds. The summed E-state index contributed by atoms with van der Waals surface area (Å²) in [6.45, 7) is 10.2. The lowest BCUT2D eigenvalue weighted by atomic mass is 10.3. The molecule has 0 bridgehead atoms. The van der Waals surface area contributed by atoms with E-state index in [4.69, 9.17) is 19.3 Å². The van der Waals surface area contributed by atoms with Gasteiger partial charge in [0, 0.05) is 8.95 Å². The molecule has 2 aromatic carbocycles. The largest absolute Gasteiger partial charge is 0.460 e. The summed E-state index contributed by atoms with van der Waals surface area (Å²) in [6, 6.07) is 10.8. The lowest BCUT2D eigenvalue weighted by Crippen LogP contribution is -1.96. The molecule has 0 aliphatic rings. The fraction of sp³-hybridized carbons (Fsp3) is 0.200. The summed E-state index contributed by atoms with van der Waals surface area (Å²) >= 11 is 13.5. The monoisotopic (exact) mass is 692 g/mol. The molecule has 0 spiro atoms. The van der Waals surface area contributed by atoms with Crippen molar-refractivity contribution in [2.45, 2.75) is 13.8 Å². The van der Waals surface area contributed by atoms with Crippen LogP contribution in [0.4, 0.5) is 0 Å². The maximum absolute atomic E-state index is 9.93. The SMILES string of the molecule is C=CC.C=CC.OCCO.OP(Oc1cccc(Br)c1Br)Oc1cccc(Br)c1Br. The zero-order valence-electron chi connectivity index (χ0n) is 16.6. The van der Waals surface area contributed by atoms with Gasteiger partial charge in [0.25, 0.3) is 0 Å².